The maximum atomic E-state index is 12.6. The third-order valence-corrected chi connectivity index (χ3v) is 5.26. The predicted molar refractivity (Wildman–Crippen MR) is 94.7 cm³/mol. The normalized spacial score (nSPS) is 19.2. The summed E-state index contributed by atoms with van der Waals surface area (Å²) < 4.78 is 0. The van der Waals surface area contributed by atoms with Crippen LogP contribution in [0.15, 0.2) is 24.3 Å². The van der Waals surface area contributed by atoms with Crippen molar-refractivity contribution in [3.63, 3.8) is 0 Å². The Morgan fingerprint density at radius 3 is 2.22 bits per heavy atom. The zero-order chi connectivity index (χ0) is 16.4. The number of benzene rings is 1. The van der Waals surface area contributed by atoms with Crippen molar-refractivity contribution >= 4 is 17.5 Å². The number of hydrogen-bond donors (Lipinski definition) is 1. The molecule has 3 nitrogen and oxygen atoms in total. The van der Waals surface area contributed by atoms with Crippen molar-refractivity contribution in [2.24, 2.45) is 17.8 Å². The first kappa shape index (κ1) is 16.8. The summed E-state index contributed by atoms with van der Waals surface area (Å²) in [4.78, 5) is 14.8. The van der Waals surface area contributed by atoms with E-state index in [1.807, 2.05) is 12.1 Å². The van der Waals surface area contributed by atoms with E-state index in [2.05, 4.69) is 36.4 Å². The molecule has 2 aliphatic rings. The van der Waals surface area contributed by atoms with Crippen LogP contribution in [0.4, 0.5) is 0 Å². The molecule has 1 atom stereocenters. The lowest BCUT2D eigenvalue weighted by Gasteiger charge is -2.24. The molecule has 0 heterocycles. The van der Waals surface area contributed by atoms with Crippen molar-refractivity contribution in [1.82, 2.24) is 10.2 Å². The van der Waals surface area contributed by atoms with Crippen molar-refractivity contribution in [1.29, 1.82) is 0 Å². The zero-order valence-corrected chi connectivity index (χ0v) is 14.9. The molecular weight excluding hydrogens is 308 g/mol. The average molecular weight is 335 g/mol. The van der Waals surface area contributed by atoms with Crippen LogP contribution >= 0.6 is 11.6 Å². The fourth-order valence-corrected chi connectivity index (χ4v) is 3.65. The molecule has 0 bridgehead atoms. The van der Waals surface area contributed by atoms with Crippen molar-refractivity contribution in [2.45, 2.75) is 31.6 Å². The molecule has 1 aromatic rings. The summed E-state index contributed by atoms with van der Waals surface area (Å²) in [6.07, 6.45) is 4.97. The quantitative estimate of drug-likeness (QED) is 0.788. The molecule has 0 spiro atoms. The lowest BCUT2D eigenvalue weighted by Crippen LogP contribution is -2.38. The summed E-state index contributed by atoms with van der Waals surface area (Å²) in [5, 5.41) is 4.00. The molecule has 4 heteroatoms. The van der Waals surface area contributed by atoms with Gasteiger partial charge in [0.05, 0.1) is 0 Å². The van der Waals surface area contributed by atoms with Gasteiger partial charge in [-0.2, -0.15) is 0 Å². The molecule has 1 aromatic carbocycles. The number of amides is 1. The SMILES string of the molecule is CN(C)C[C@H](CNC(=O)C(C1CC1)C1CC1)c1ccc(Cl)cc1. The van der Waals surface area contributed by atoms with Gasteiger partial charge in [0.1, 0.15) is 0 Å². The number of carbonyl (C=O) groups excluding carboxylic acids is 1. The number of rotatable bonds is 8. The highest BCUT2D eigenvalue weighted by Crippen LogP contribution is 2.49. The molecule has 23 heavy (non-hydrogen) atoms. The molecule has 1 amide bonds. The highest BCUT2D eigenvalue weighted by Gasteiger charge is 2.45. The van der Waals surface area contributed by atoms with Gasteiger partial charge in [-0.3, -0.25) is 4.79 Å². The van der Waals surface area contributed by atoms with E-state index >= 15 is 0 Å². The maximum absolute atomic E-state index is 12.6. The van der Waals surface area contributed by atoms with Gasteiger partial charge < -0.3 is 10.2 Å². The van der Waals surface area contributed by atoms with Crippen LogP contribution in [0.25, 0.3) is 0 Å². The number of nitrogens with one attached hydrogen (secondary N) is 1. The lowest BCUT2D eigenvalue weighted by molar-refractivity contribution is -0.126. The fourth-order valence-electron chi connectivity index (χ4n) is 3.53. The standard InChI is InChI=1S/C19H27ClN2O/c1-22(2)12-16(13-7-9-17(20)10-8-13)11-21-19(23)18(14-3-4-14)15-5-6-15/h7-10,14-16,18H,3-6,11-12H2,1-2H3,(H,21,23)/t16-/m0/s1. The minimum Gasteiger partial charge on any atom is -0.355 e. The Bertz CT molecular complexity index is 523. The first-order valence-corrected chi connectivity index (χ1v) is 9.10. The number of hydrogen-bond acceptors (Lipinski definition) is 2. The maximum Gasteiger partial charge on any atom is 0.223 e. The molecule has 3 rings (SSSR count). The summed E-state index contributed by atoms with van der Waals surface area (Å²) in [6, 6.07) is 8.00. The van der Waals surface area contributed by atoms with Gasteiger partial charge in [-0.25, -0.2) is 0 Å². The van der Waals surface area contributed by atoms with Gasteiger partial charge >= 0.3 is 0 Å². The summed E-state index contributed by atoms with van der Waals surface area (Å²) in [5.41, 5.74) is 1.23. The third-order valence-electron chi connectivity index (χ3n) is 5.01. The molecule has 0 aromatic heterocycles. The summed E-state index contributed by atoms with van der Waals surface area (Å²) in [5.74, 6) is 2.17. The van der Waals surface area contributed by atoms with E-state index in [0.29, 0.717) is 24.3 Å². The second-order valence-electron chi connectivity index (χ2n) is 7.46. The Hall–Kier alpha value is -1.06. The van der Waals surface area contributed by atoms with Crippen LogP contribution in [-0.2, 0) is 4.79 Å². The predicted octanol–water partition coefficient (Wildman–Crippen LogP) is 3.54. The molecule has 0 unspecified atom stereocenters. The number of carbonyl (C=O) groups is 1. The van der Waals surface area contributed by atoms with E-state index in [1.165, 1.54) is 31.2 Å². The van der Waals surface area contributed by atoms with E-state index < -0.39 is 0 Å². The molecule has 0 aliphatic heterocycles. The summed E-state index contributed by atoms with van der Waals surface area (Å²) in [7, 11) is 4.14. The van der Waals surface area contributed by atoms with E-state index in [0.717, 1.165) is 11.6 Å². The Kier molecular flexibility index (Phi) is 5.27. The summed E-state index contributed by atoms with van der Waals surface area (Å²) in [6.45, 7) is 1.62. The third kappa shape index (κ3) is 4.71. The van der Waals surface area contributed by atoms with Crippen LogP contribution in [0.5, 0.6) is 0 Å². The van der Waals surface area contributed by atoms with Gasteiger partial charge in [0.25, 0.3) is 0 Å². The van der Waals surface area contributed by atoms with Gasteiger partial charge in [0.15, 0.2) is 0 Å². The van der Waals surface area contributed by atoms with E-state index in [9.17, 15) is 4.79 Å². The van der Waals surface area contributed by atoms with Crippen LogP contribution in [0.1, 0.15) is 37.2 Å². The van der Waals surface area contributed by atoms with Crippen LogP contribution < -0.4 is 5.32 Å². The number of nitrogens with zero attached hydrogens (tertiary/aromatic N) is 1. The molecular formula is C19H27ClN2O. The Balaban J connectivity index is 1.61. The van der Waals surface area contributed by atoms with Gasteiger partial charge in [-0.1, -0.05) is 23.7 Å². The van der Waals surface area contributed by atoms with Crippen LogP contribution in [0.2, 0.25) is 5.02 Å². The molecule has 2 saturated carbocycles. The van der Waals surface area contributed by atoms with E-state index in [1.54, 1.807) is 0 Å². The molecule has 2 aliphatic carbocycles. The Morgan fingerprint density at radius 1 is 1.17 bits per heavy atom. The summed E-state index contributed by atoms with van der Waals surface area (Å²) >= 11 is 5.99. The monoisotopic (exact) mass is 334 g/mol. The molecule has 1 N–H and O–H groups in total. The largest absolute Gasteiger partial charge is 0.355 e. The highest BCUT2D eigenvalue weighted by atomic mass is 35.5. The van der Waals surface area contributed by atoms with Crippen molar-refractivity contribution < 1.29 is 4.79 Å². The molecule has 2 fully saturated rings. The lowest BCUT2D eigenvalue weighted by atomic mass is 9.95. The smallest absolute Gasteiger partial charge is 0.223 e. The van der Waals surface area contributed by atoms with E-state index in [4.69, 9.17) is 11.6 Å². The van der Waals surface area contributed by atoms with E-state index in [-0.39, 0.29) is 11.8 Å². The minimum absolute atomic E-state index is 0.278. The first-order chi connectivity index (χ1) is 11.0. The van der Waals surface area contributed by atoms with Gasteiger partial charge in [0, 0.05) is 29.9 Å². The molecule has 0 saturated heterocycles. The highest BCUT2D eigenvalue weighted by molar-refractivity contribution is 6.30. The Morgan fingerprint density at radius 2 is 1.74 bits per heavy atom. The van der Waals surface area contributed by atoms with Crippen LogP contribution in [-0.4, -0.2) is 38.0 Å². The second kappa shape index (κ2) is 7.23. The van der Waals surface area contributed by atoms with Crippen molar-refractivity contribution in [2.75, 3.05) is 27.2 Å². The molecule has 126 valence electrons. The van der Waals surface area contributed by atoms with Crippen LogP contribution in [0, 0.1) is 17.8 Å². The molecule has 0 radical (unpaired) electrons. The van der Waals surface area contributed by atoms with Gasteiger partial charge in [-0.15, -0.1) is 0 Å². The Labute approximate surface area is 144 Å². The first-order valence-electron chi connectivity index (χ1n) is 8.72. The zero-order valence-electron chi connectivity index (χ0n) is 14.1. The number of halogens is 1. The van der Waals surface area contributed by atoms with Crippen molar-refractivity contribution in [3.05, 3.63) is 34.9 Å². The number of likely N-dealkylation sites (N-methyl/N-ethyl adjacent to an activating group) is 1. The topological polar surface area (TPSA) is 32.3 Å². The van der Waals surface area contributed by atoms with Crippen LogP contribution in [0.3, 0.4) is 0 Å². The van der Waals surface area contributed by atoms with Gasteiger partial charge in [-0.05, 0) is 69.3 Å². The fraction of sp³-hybridized carbons (Fsp3) is 0.632. The van der Waals surface area contributed by atoms with Crippen molar-refractivity contribution in [3.8, 4) is 0 Å². The minimum atomic E-state index is 0.278. The van der Waals surface area contributed by atoms with Gasteiger partial charge in [0.2, 0.25) is 5.91 Å². The average Bonchev–Trinajstić information content (AvgIpc) is 3.39. The second-order valence-corrected chi connectivity index (χ2v) is 7.89.